The first-order chi connectivity index (χ1) is 7.81. The van der Waals surface area contributed by atoms with Gasteiger partial charge in [-0.3, -0.25) is 4.98 Å². The highest BCUT2D eigenvalue weighted by Gasteiger charge is 2.39. The average Bonchev–Trinajstić information content (AvgIpc) is 2.25. The Kier molecular flexibility index (Phi) is 3.99. The molecule has 0 unspecified atom stereocenters. The van der Waals surface area contributed by atoms with E-state index in [0.29, 0.717) is 6.07 Å². The molecule has 0 amide bonds. The van der Waals surface area contributed by atoms with Crippen LogP contribution in [0, 0.1) is 0 Å². The summed E-state index contributed by atoms with van der Waals surface area (Å²) in [5.74, 6) is 0. The number of alkyl halides is 5. The average molecular weight is 256 g/mol. The third kappa shape index (κ3) is 2.89. The van der Waals surface area contributed by atoms with Crippen molar-refractivity contribution in [1.29, 1.82) is 0 Å². The number of pyridine rings is 1. The first kappa shape index (κ1) is 13.8. The Morgan fingerprint density at radius 3 is 2.29 bits per heavy atom. The molecule has 0 aliphatic carbocycles. The van der Waals surface area contributed by atoms with Crippen molar-refractivity contribution in [3.05, 3.63) is 28.6 Å². The molecule has 1 heterocycles. The van der Waals surface area contributed by atoms with Gasteiger partial charge in [0.2, 0.25) is 0 Å². The molecule has 0 aromatic carbocycles. The lowest BCUT2D eigenvalue weighted by molar-refractivity contribution is -0.141. The molecule has 0 fully saturated rings. The van der Waals surface area contributed by atoms with Crippen LogP contribution in [0.1, 0.15) is 28.9 Å². The van der Waals surface area contributed by atoms with Gasteiger partial charge in [0.25, 0.3) is 6.43 Å². The van der Waals surface area contributed by atoms with Crippen LogP contribution in [0.15, 0.2) is 6.07 Å². The summed E-state index contributed by atoms with van der Waals surface area (Å²) < 4.78 is 62.8. The first-order valence-corrected chi connectivity index (χ1v) is 4.50. The van der Waals surface area contributed by atoms with Crippen molar-refractivity contribution in [1.82, 2.24) is 4.98 Å². The number of nitrogens with zero attached hydrogens (tertiary/aromatic N) is 1. The van der Waals surface area contributed by atoms with Crippen LogP contribution >= 0.6 is 0 Å². The van der Waals surface area contributed by atoms with Crippen molar-refractivity contribution in [3.63, 3.8) is 0 Å². The van der Waals surface area contributed by atoms with Crippen LogP contribution < -0.4 is 5.73 Å². The summed E-state index contributed by atoms with van der Waals surface area (Å²) in [4.78, 5) is 3.39. The molecule has 0 radical (unpaired) electrons. The zero-order valence-electron chi connectivity index (χ0n) is 8.43. The Hall–Kier alpha value is -1.28. The molecule has 1 rings (SSSR count). The second-order valence-corrected chi connectivity index (χ2v) is 3.19. The van der Waals surface area contributed by atoms with Crippen LogP contribution in [0.25, 0.3) is 0 Å². The second-order valence-electron chi connectivity index (χ2n) is 3.19. The van der Waals surface area contributed by atoms with E-state index in [9.17, 15) is 22.0 Å². The zero-order valence-corrected chi connectivity index (χ0v) is 8.43. The maximum atomic E-state index is 12.6. The molecule has 1 aromatic rings. The van der Waals surface area contributed by atoms with Gasteiger partial charge in [-0.1, -0.05) is 0 Å². The number of hydrogen-bond donors (Lipinski definition) is 2. The molecule has 96 valence electrons. The van der Waals surface area contributed by atoms with Crippen molar-refractivity contribution in [2.75, 3.05) is 0 Å². The zero-order chi connectivity index (χ0) is 13.2. The van der Waals surface area contributed by atoms with Crippen LogP contribution in [-0.4, -0.2) is 10.1 Å². The number of nitrogens with two attached hydrogens (primary N) is 1. The fourth-order valence-corrected chi connectivity index (χ4v) is 1.40. The molecule has 8 heteroatoms. The molecule has 0 saturated heterocycles. The Morgan fingerprint density at radius 1 is 1.35 bits per heavy atom. The van der Waals surface area contributed by atoms with E-state index in [0.717, 1.165) is 0 Å². The van der Waals surface area contributed by atoms with E-state index in [4.69, 9.17) is 10.8 Å². The molecule has 0 atom stereocenters. The van der Waals surface area contributed by atoms with E-state index in [1.54, 1.807) is 0 Å². The topological polar surface area (TPSA) is 59.1 Å². The monoisotopic (exact) mass is 256 g/mol. The summed E-state index contributed by atoms with van der Waals surface area (Å²) in [6, 6.07) is 0.604. The predicted octanol–water partition coefficient (Wildman–Crippen LogP) is 1.99. The molecule has 17 heavy (non-hydrogen) atoms. The second kappa shape index (κ2) is 4.92. The van der Waals surface area contributed by atoms with E-state index < -0.39 is 36.0 Å². The lowest BCUT2D eigenvalue weighted by Gasteiger charge is -2.16. The SMILES string of the molecule is NCc1cc(C(F)F)c(C(F)(F)F)c(CO)n1. The maximum Gasteiger partial charge on any atom is 0.418 e. The van der Waals surface area contributed by atoms with Crippen molar-refractivity contribution in [3.8, 4) is 0 Å². The predicted molar refractivity (Wildman–Crippen MR) is 48.0 cm³/mol. The Morgan fingerprint density at radius 2 is 1.94 bits per heavy atom. The largest absolute Gasteiger partial charge is 0.418 e. The summed E-state index contributed by atoms with van der Waals surface area (Å²) in [7, 11) is 0. The molecular formula is C9H9F5N2O. The molecule has 3 nitrogen and oxygen atoms in total. The fraction of sp³-hybridized carbons (Fsp3) is 0.444. The smallest absolute Gasteiger partial charge is 0.390 e. The minimum absolute atomic E-state index is 0.127. The number of aromatic nitrogens is 1. The highest BCUT2D eigenvalue weighted by Crippen LogP contribution is 2.38. The van der Waals surface area contributed by atoms with Crippen molar-refractivity contribution < 1.29 is 27.1 Å². The van der Waals surface area contributed by atoms with E-state index in [2.05, 4.69) is 4.98 Å². The lowest BCUT2D eigenvalue weighted by Crippen LogP contribution is -2.17. The molecule has 0 spiro atoms. The molecule has 0 aliphatic heterocycles. The van der Waals surface area contributed by atoms with Gasteiger partial charge in [-0.15, -0.1) is 0 Å². The minimum atomic E-state index is -5.00. The summed E-state index contributed by atoms with van der Waals surface area (Å²) in [6.07, 6.45) is -8.31. The molecule has 0 aliphatic rings. The number of aliphatic hydroxyl groups excluding tert-OH is 1. The van der Waals surface area contributed by atoms with Gasteiger partial charge in [0.15, 0.2) is 0 Å². The van der Waals surface area contributed by atoms with Gasteiger partial charge in [-0.2, -0.15) is 13.2 Å². The van der Waals surface area contributed by atoms with Crippen molar-refractivity contribution >= 4 is 0 Å². The van der Waals surface area contributed by atoms with Gasteiger partial charge in [0.1, 0.15) is 0 Å². The third-order valence-corrected chi connectivity index (χ3v) is 2.06. The van der Waals surface area contributed by atoms with Crippen LogP contribution in [0.2, 0.25) is 0 Å². The number of rotatable bonds is 3. The fourth-order valence-electron chi connectivity index (χ4n) is 1.40. The van der Waals surface area contributed by atoms with E-state index in [1.165, 1.54) is 0 Å². The van der Waals surface area contributed by atoms with Crippen molar-refractivity contribution in [2.45, 2.75) is 25.8 Å². The molecular weight excluding hydrogens is 247 g/mol. The Bertz CT molecular complexity index is 405. The van der Waals surface area contributed by atoms with Crippen LogP contribution in [-0.2, 0) is 19.3 Å². The standard InChI is InChI=1S/C9H9F5N2O/c10-8(11)5-1-4(2-15)16-6(3-17)7(5)9(12,13)14/h1,8,17H,2-3,15H2. The maximum absolute atomic E-state index is 12.6. The van der Waals surface area contributed by atoms with Crippen LogP contribution in [0.5, 0.6) is 0 Å². The summed E-state index contributed by atoms with van der Waals surface area (Å²) in [5.41, 5.74) is 1.36. The summed E-state index contributed by atoms with van der Waals surface area (Å²) in [6.45, 7) is -1.37. The van der Waals surface area contributed by atoms with E-state index in [-0.39, 0.29) is 12.2 Å². The van der Waals surface area contributed by atoms with Crippen LogP contribution in [0.4, 0.5) is 22.0 Å². The highest BCUT2D eigenvalue weighted by molar-refractivity contribution is 5.36. The van der Waals surface area contributed by atoms with Gasteiger partial charge in [-0.05, 0) is 6.07 Å². The number of hydrogen-bond acceptors (Lipinski definition) is 3. The minimum Gasteiger partial charge on any atom is -0.390 e. The highest BCUT2D eigenvalue weighted by atomic mass is 19.4. The third-order valence-electron chi connectivity index (χ3n) is 2.06. The van der Waals surface area contributed by atoms with E-state index in [1.807, 2.05) is 0 Å². The van der Waals surface area contributed by atoms with Gasteiger partial charge in [-0.25, -0.2) is 8.78 Å². The number of halogens is 5. The first-order valence-electron chi connectivity index (χ1n) is 4.50. The molecule has 1 aromatic heterocycles. The number of aliphatic hydroxyl groups is 1. The Balaban J connectivity index is 3.53. The Labute approximate surface area is 93.1 Å². The molecule has 0 saturated carbocycles. The van der Waals surface area contributed by atoms with E-state index >= 15 is 0 Å². The van der Waals surface area contributed by atoms with Crippen molar-refractivity contribution in [2.24, 2.45) is 5.73 Å². The summed E-state index contributed by atoms with van der Waals surface area (Å²) >= 11 is 0. The molecule has 0 bridgehead atoms. The van der Waals surface area contributed by atoms with Gasteiger partial charge >= 0.3 is 6.18 Å². The van der Waals surface area contributed by atoms with Gasteiger partial charge in [0, 0.05) is 12.1 Å². The van der Waals surface area contributed by atoms with Crippen LogP contribution in [0.3, 0.4) is 0 Å². The summed E-state index contributed by atoms with van der Waals surface area (Å²) in [5, 5.41) is 8.76. The van der Waals surface area contributed by atoms with Gasteiger partial charge < -0.3 is 10.8 Å². The normalized spacial score (nSPS) is 12.2. The van der Waals surface area contributed by atoms with Gasteiger partial charge in [0.05, 0.1) is 23.6 Å². The quantitative estimate of drug-likeness (QED) is 0.813. The molecule has 3 N–H and O–H groups in total. The lowest BCUT2D eigenvalue weighted by atomic mass is 10.0.